The minimum absolute atomic E-state index is 0.740. The Kier molecular flexibility index (Phi) is 4.37. The molecule has 0 aliphatic carbocycles. The largest absolute Gasteiger partial charge is 0.378 e. The fourth-order valence-corrected chi connectivity index (χ4v) is 3.05. The average Bonchev–Trinajstić information content (AvgIpc) is 2.70. The van der Waals surface area contributed by atoms with Gasteiger partial charge >= 0.3 is 0 Å². The molecule has 0 atom stereocenters. The highest BCUT2D eigenvalue weighted by atomic mass is 16.5. The summed E-state index contributed by atoms with van der Waals surface area (Å²) in [6, 6.07) is 1.99. The molecule has 8 heteroatoms. The standard InChI is InChI=1S/C16H21N7O/c1-2-19-16(23-9-11-24-12-10-23)20-14(1)21-5-7-22(8-6-21)15-13-17-3-4-18-15/h1-4,13H,5-12H2. The molecule has 0 radical (unpaired) electrons. The summed E-state index contributed by atoms with van der Waals surface area (Å²) < 4.78 is 5.40. The Morgan fingerprint density at radius 3 is 2.21 bits per heavy atom. The van der Waals surface area contributed by atoms with Crippen LogP contribution in [0.5, 0.6) is 0 Å². The third kappa shape index (κ3) is 3.23. The third-order valence-corrected chi connectivity index (χ3v) is 4.40. The zero-order valence-corrected chi connectivity index (χ0v) is 13.6. The quantitative estimate of drug-likeness (QED) is 0.804. The molecule has 2 aliphatic heterocycles. The minimum atomic E-state index is 0.740. The number of piperazine rings is 1. The van der Waals surface area contributed by atoms with Crippen molar-refractivity contribution in [2.24, 2.45) is 0 Å². The van der Waals surface area contributed by atoms with Gasteiger partial charge in [0.1, 0.15) is 11.6 Å². The summed E-state index contributed by atoms with van der Waals surface area (Å²) in [6.07, 6.45) is 7.10. The van der Waals surface area contributed by atoms with Crippen LogP contribution in [0.2, 0.25) is 0 Å². The van der Waals surface area contributed by atoms with Crippen molar-refractivity contribution >= 4 is 17.6 Å². The number of hydrogen-bond acceptors (Lipinski definition) is 8. The van der Waals surface area contributed by atoms with E-state index < -0.39 is 0 Å². The predicted octanol–water partition coefficient (Wildman–Crippen LogP) is 0.430. The van der Waals surface area contributed by atoms with E-state index in [-0.39, 0.29) is 0 Å². The van der Waals surface area contributed by atoms with Crippen LogP contribution in [0.25, 0.3) is 0 Å². The van der Waals surface area contributed by atoms with Gasteiger partial charge in [-0.05, 0) is 6.07 Å². The molecule has 2 aliphatic rings. The van der Waals surface area contributed by atoms with E-state index in [1.54, 1.807) is 12.4 Å². The van der Waals surface area contributed by atoms with Gasteiger partial charge in [0.2, 0.25) is 5.95 Å². The van der Waals surface area contributed by atoms with Gasteiger partial charge in [-0.1, -0.05) is 0 Å². The zero-order chi connectivity index (χ0) is 16.2. The molecule has 4 heterocycles. The van der Waals surface area contributed by atoms with Crippen molar-refractivity contribution in [1.82, 2.24) is 19.9 Å². The predicted molar refractivity (Wildman–Crippen MR) is 91.5 cm³/mol. The summed E-state index contributed by atoms with van der Waals surface area (Å²) in [5.41, 5.74) is 0. The number of ether oxygens (including phenoxy) is 1. The summed E-state index contributed by atoms with van der Waals surface area (Å²) >= 11 is 0. The Morgan fingerprint density at radius 1 is 0.750 bits per heavy atom. The molecule has 0 bridgehead atoms. The molecule has 8 nitrogen and oxygen atoms in total. The Labute approximate surface area is 141 Å². The van der Waals surface area contributed by atoms with Crippen LogP contribution >= 0.6 is 0 Å². The summed E-state index contributed by atoms with van der Waals surface area (Å²) in [4.78, 5) is 24.4. The van der Waals surface area contributed by atoms with Gasteiger partial charge < -0.3 is 19.4 Å². The lowest BCUT2D eigenvalue weighted by atomic mass is 10.3. The van der Waals surface area contributed by atoms with Gasteiger partial charge in [0.25, 0.3) is 0 Å². The molecule has 0 saturated carbocycles. The number of aromatic nitrogens is 4. The van der Waals surface area contributed by atoms with Gasteiger partial charge in [-0.25, -0.2) is 9.97 Å². The molecule has 2 aromatic heterocycles. The topological polar surface area (TPSA) is 70.5 Å². The number of nitrogens with zero attached hydrogens (tertiary/aromatic N) is 7. The van der Waals surface area contributed by atoms with Crippen molar-refractivity contribution < 1.29 is 4.74 Å². The van der Waals surface area contributed by atoms with E-state index in [1.165, 1.54) is 0 Å². The molecule has 0 spiro atoms. The van der Waals surface area contributed by atoms with Crippen LogP contribution in [-0.2, 0) is 4.74 Å². The van der Waals surface area contributed by atoms with Crippen LogP contribution in [0.1, 0.15) is 0 Å². The highest BCUT2D eigenvalue weighted by molar-refractivity contribution is 5.46. The number of anilines is 3. The Bertz CT molecular complexity index is 654. The lowest BCUT2D eigenvalue weighted by Gasteiger charge is -2.36. The van der Waals surface area contributed by atoms with Crippen molar-refractivity contribution in [3.63, 3.8) is 0 Å². The molecule has 24 heavy (non-hydrogen) atoms. The third-order valence-electron chi connectivity index (χ3n) is 4.40. The first-order valence-electron chi connectivity index (χ1n) is 8.32. The molecular formula is C16H21N7O. The molecule has 0 amide bonds. The monoisotopic (exact) mass is 327 g/mol. The minimum Gasteiger partial charge on any atom is -0.378 e. The van der Waals surface area contributed by atoms with E-state index >= 15 is 0 Å². The molecular weight excluding hydrogens is 306 g/mol. The summed E-state index contributed by atoms with van der Waals surface area (Å²) in [5, 5.41) is 0. The molecule has 126 valence electrons. The van der Waals surface area contributed by atoms with Crippen molar-refractivity contribution in [2.45, 2.75) is 0 Å². The average molecular weight is 327 g/mol. The van der Waals surface area contributed by atoms with E-state index in [0.29, 0.717) is 0 Å². The lowest BCUT2D eigenvalue weighted by Crippen LogP contribution is -2.47. The highest BCUT2D eigenvalue weighted by Crippen LogP contribution is 2.19. The van der Waals surface area contributed by atoms with Gasteiger partial charge in [-0.2, -0.15) is 4.98 Å². The van der Waals surface area contributed by atoms with Crippen LogP contribution in [0.3, 0.4) is 0 Å². The molecule has 4 rings (SSSR count). The second-order valence-corrected chi connectivity index (χ2v) is 5.85. The van der Waals surface area contributed by atoms with E-state index in [1.807, 2.05) is 18.5 Å². The van der Waals surface area contributed by atoms with Gasteiger partial charge in [-0.3, -0.25) is 4.98 Å². The summed E-state index contributed by atoms with van der Waals surface area (Å²) in [5.74, 6) is 2.73. The smallest absolute Gasteiger partial charge is 0.227 e. The Balaban J connectivity index is 1.42. The Hall–Kier alpha value is -2.48. The van der Waals surface area contributed by atoms with Crippen LogP contribution in [-0.4, -0.2) is 72.4 Å². The van der Waals surface area contributed by atoms with Crippen molar-refractivity contribution in [1.29, 1.82) is 0 Å². The second-order valence-electron chi connectivity index (χ2n) is 5.85. The van der Waals surface area contributed by atoms with Crippen LogP contribution in [0.15, 0.2) is 30.9 Å². The zero-order valence-electron chi connectivity index (χ0n) is 13.6. The van der Waals surface area contributed by atoms with Crippen LogP contribution in [0, 0.1) is 0 Å². The fourth-order valence-electron chi connectivity index (χ4n) is 3.05. The van der Waals surface area contributed by atoms with E-state index in [0.717, 1.165) is 70.1 Å². The molecule has 0 aromatic carbocycles. The first kappa shape index (κ1) is 15.1. The van der Waals surface area contributed by atoms with Gasteiger partial charge in [0.05, 0.1) is 19.4 Å². The van der Waals surface area contributed by atoms with Crippen molar-refractivity contribution in [2.75, 3.05) is 67.2 Å². The fraction of sp³-hybridized carbons (Fsp3) is 0.500. The van der Waals surface area contributed by atoms with Crippen LogP contribution in [0.4, 0.5) is 17.6 Å². The molecule has 2 aromatic rings. The lowest BCUT2D eigenvalue weighted by molar-refractivity contribution is 0.122. The highest BCUT2D eigenvalue weighted by Gasteiger charge is 2.21. The van der Waals surface area contributed by atoms with Crippen molar-refractivity contribution in [3.8, 4) is 0 Å². The summed E-state index contributed by atoms with van der Waals surface area (Å²) in [7, 11) is 0. The molecule has 0 unspecified atom stereocenters. The van der Waals surface area contributed by atoms with Gasteiger partial charge in [0, 0.05) is 57.9 Å². The van der Waals surface area contributed by atoms with E-state index in [2.05, 4.69) is 29.7 Å². The van der Waals surface area contributed by atoms with Crippen LogP contribution < -0.4 is 14.7 Å². The SMILES string of the molecule is c1cnc(N2CCN(c3ccnc(N4CCOCC4)n3)CC2)cn1. The number of rotatable bonds is 3. The van der Waals surface area contributed by atoms with Gasteiger partial charge in [0.15, 0.2) is 0 Å². The maximum absolute atomic E-state index is 5.40. The second kappa shape index (κ2) is 6.96. The molecule has 2 fully saturated rings. The Morgan fingerprint density at radius 2 is 1.50 bits per heavy atom. The maximum atomic E-state index is 5.40. The van der Waals surface area contributed by atoms with E-state index in [4.69, 9.17) is 9.72 Å². The maximum Gasteiger partial charge on any atom is 0.227 e. The van der Waals surface area contributed by atoms with E-state index in [9.17, 15) is 0 Å². The normalized spacial score (nSPS) is 18.8. The first-order valence-corrected chi connectivity index (χ1v) is 8.32. The summed E-state index contributed by atoms with van der Waals surface area (Å²) in [6.45, 7) is 6.83. The van der Waals surface area contributed by atoms with Gasteiger partial charge in [-0.15, -0.1) is 0 Å². The first-order chi connectivity index (χ1) is 11.9. The number of morpholine rings is 1. The van der Waals surface area contributed by atoms with Crippen molar-refractivity contribution in [3.05, 3.63) is 30.9 Å². The molecule has 0 N–H and O–H groups in total. The molecule has 2 saturated heterocycles. The number of hydrogen-bond donors (Lipinski definition) is 0.